The number of halogens is 1. The molecule has 2 bridgehead atoms. The lowest BCUT2D eigenvalue weighted by molar-refractivity contribution is -0.103. The molecule has 4 atom stereocenters. The zero-order chi connectivity index (χ0) is 26.0. The Morgan fingerprint density at radius 1 is 1.00 bits per heavy atom. The summed E-state index contributed by atoms with van der Waals surface area (Å²) in [4.78, 5) is 6.84. The molecule has 196 valence electrons. The number of hydrogen-bond donors (Lipinski definition) is 1. The predicted octanol–water partition coefficient (Wildman–Crippen LogP) is 6.81. The van der Waals surface area contributed by atoms with Gasteiger partial charge in [0.15, 0.2) is 5.60 Å². The highest BCUT2D eigenvalue weighted by atomic mass is 79.9. The quantitative estimate of drug-likeness (QED) is 0.369. The smallest absolute Gasteiger partial charge is 0.192 e. The van der Waals surface area contributed by atoms with Gasteiger partial charge in [-0.25, -0.2) is 0 Å². The zero-order valence-electron chi connectivity index (χ0n) is 22.0. The van der Waals surface area contributed by atoms with E-state index in [0.717, 1.165) is 34.1 Å². The lowest BCUT2D eigenvalue weighted by Gasteiger charge is -2.42. The highest BCUT2D eigenvalue weighted by molar-refractivity contribution is 9.10. The van der Waals surface area contributed by atoms with E-state index in [9.17, 15) is 5.11 Å². The Hall–Kier alpha value is -2.41. The molecule has 4 heterocycles. The third-order valence-corrected chi connectivity index (χ3v) is 8.99. The van der Waals surface area contributed by atoms with Gasteiger partial charge in [0.2, 0.25) is 0 Å². The summed E-state index contributed by atoms with van der Waals surface area (Å²) in [6.45, 7) is 2.06. The van der Waals surface area contributed by atoms with Gasteiger partial charge in [0.25, 0.3) is 0 Å². The van der Waals surface area contributed by atoms with Crippen molar-refractivity contribution in [3.05, 3.63) is 88.2 Å². The summed E-state index contributed by atoms with van der Waals surface area (Å²) < 4.78 is 13.1. The van der Waals surface area contributed by atoms with Gasteiger partial charge < -0.3 is 19.5 Å². The molecular formula is C31H37BrN2O3. The van der Waals surface area contributed by atoms with Crippen LogP contribution in [0.2, 0.25) is 0 Å². The third kappa shape index (κ3) is 4.47. The van der Waals surface area contributed by atoms with Crippen molar-refractivity contribution in [1.29, 1.82) is 0 Å². The van der Waals surface area contributed by atoms with Crippen molar-refractivity contribution in [2.45, 2.75) is 75.2 Å². The number of hydrogen-bond acceptors (Lipinski definition) is 5. The fraction of sp³-hybridized carbons (Fsp3) is 0.452. The maximum atomic E-state index is 12.3. The average Bonchev–Trinajstić information content (AvgIpc) is 3.26. The first-order chi connectivity index (χ1) is 17.9. The number of aliphatic hydroxyl groups is 1. The van der Waals surface area contributed by atoms with Crippen LogP contribution in [0.5, 0.6) is 11.5 Å². The Morgan fingerprint density at radius 3 is 2.24 bits per heavy atom. The number of rotatable bonds is 5. The molecule has 3 aliphatic rings. The highest BCUT2D eigenvalue weighted by Crippen LogP contribution is 2.60. The van der Waals surface area contributed by atoms with Crippen LogP contribution < -0.4 is 9.47 Å². The van der Waals surface area contributed by atoms with Crippen LogP contribution in [0.15, 0.2) is 71.5 Å². The first-order valence-electron chi connectivity index (χ1n) is 13.4. The average molecular weight is 566 g/mol. The number of nitrogens with zero attached hydrogens (tertiary/aromatic N) is 2. The number of pyridine rings is 1. The van der Waals surface area contributed by atoms with Crippen LogP contribution >= 0.6 is 15.9 Å². The predicted molar refractivity (Wildman–Crippen MR) is 150 cm³/mol. The molecule has 1 N–H and O–H groups in total. The lowest BCUT2D eigenvalue weighted by Crippen LogP contribution is -2.50. The van der Waals surface area contributed by atoms with Crippen molar-refractivity contribution in [3.63, 3.8) is 0 Å². The highest BCUT2D eigenvalue weighted by Gasteiger charge is 2.62. The molecule has 0 radical (unpaired) electrons. The van der Waals surface area contributed by atoms with Crippen molar-refractivity contribution in [1.82, 2.24) is 9.88 Å². The molecule has 3 unspecified atom stereocenters. The molecular weight excluding hydrogens is 528 g/mol. The molecule has 3 aromatic rings. The molecule has 6 heteroatoms. The van der Waals surface area contributed by atoms with Crippen LogP contribution in [-0.2, 0) is 11.2 Å². The molecule has 0 amide bonds. The number of ether oxygens (including phenoxy) is 2. The molecule has 2 aromatic carbocycles. The summed E-state index contributed by atoms with van der Waals surface area (Å²) in [5.41, 5.74) is -0.0225. The van der Waals surface area contributed by atoms with Gasteiger partial charge in [-0.15, -0.1) is 0 Å². The van der Waals surface area contributed by atoms with E-state index >= 15 is 0 Å². The van der Waals surface area contributed by atoms with Gasteiger partial charge in [-0.2, -0.15) is 0 Å². The Morgan fingerprint density at radius 2 is 1.65 bits per heavy atom. The normalized spacial score (nSPS) is 28.1. The van der Waals surface area contributed by atoms with Gasteiger partial charge in [-0.1, -0.05) is 78.2 Å². The number of methoxy groups -OCH3 is 1. The summed E-state index contributed by atoms with van der Waals surface area (Å²) in [6.07, 6.45) is 11.9. The summed E-state index contributed by atoms with van der Waals surface area (Å²) in [6, 6.07) is 19.7. The Kier molecular flexibility index (Phi) is 7.62. The molecule has 37 heavy (non-hydrogen) atoms. The third-order valence-electron chi connectivity index (χ3n) is 8.46. The van der Waals surface area contributed by atoms with Crippen LogP contribution in [-0.4, -0.2) is 41.2 Å². The van der Waals surface area contributed by atoms with Crippen LogP contribution in [0.1, 0.15) is 68.6 Å². The zero-order valence-corrected chi connectivity index (χ0v) is 23.6. The lowest BCUT2D eigenvalue weighted by atomic mass is 9.69. The first kappa shape index (κ1) is 26.2. The van der Waals surface area contributed by atoms with Gasteiger partial charge in [0.1, 0.15) is 17.1 Å². The largest absolute Gasteiger partial charge is 0.495 e. The van der Waals surface area contributed by atoms with E-state index in [2.05, 4.69) is 39.8 Å². The van der Waals surface area contributed by atoms with Crippen LogP contribution in [0.3, 0.4) is 0 Å². The minimum Gasteiger partial charge on any atom is -0.495 e. The van der Waals surface area contributed by atoms with Crippen molar-refractivity contribution < 1.29 is 14.6 Å². The molecule has 0 spiro atoms. The minimum atomic E-state index is -1.32. The van der Waals surface area contributed by atoms with Crippen LogP contribution in [0.4, 0.5) is 0 Å². The fourth-order valence-electron chi connectivity index (χ4n) is 6.65. The van der Waals surface area contributed by atoms with Crippen LogP contribution in [0, 0.1) is 0 Å². The number of aromatic nitrogens is 1. The summed E-state index contributed by atoms with van der Waals surface area (Å²) >= 11 is 3.50. The van der Waals surface area contributed by atoms with Gasteiger partial charge in [0, 0.05) is 27.7 Å². The van der Waals surface area contributed by atoms with Gasteiger partial charge in [-0.3, -0.25) is 4.98 Å². The Labute approximate surface area is 229 Å². The standard InChI is InChI=1S/C23H22BrNO3.C8H15N/c1-3-13-22(26)21-19(27-2)14-25-15-20(21)28-23(22,16-7-5-4-6-8-16)17-9-11-18(24)12-10-17;1-9-7-3-2-4-8(9)6-5-7/h4-12,14-15,26H,3,13H2,1-2H3;7-8H,2-6H2,1H3/t;7-,8?/m.0/s1. The molecule has 0 saturated carbocycles. The van der Waals surface area contributed by atoms with Crippen molar-refractivity contribution >= 4 is 15.9 Å². The molecule has 3 aliphatic heterocycles. The second kappa shape index (κ2) is 10.8. The van der Waals surface area contributed by atoms with E-state index in [1.165, 1.54) is 32.1 Å². The molecule has 2 saturated heterocycles. The second-order valence-electron chi connectivity index (χ2n) is 10.5. The van der Waals surface area contributed by atoms with Crippen LogP contribution in [0.25, 0.3) is 0 Å². The van der Waals surface area contributed by atoms with Gasteiger partial charge in [0.05, 0.1) is 25.1 Å². The molecule has 2 fully saturated rings. The van der Waals surface area contributed by atoms with E-state index < -0.39 is 11.2 Å². The number of fused-ring (bicyclic) bond motifs is 3. The van der Waals surface area contributed by atoms with Crippen molar-refractivity contribution in [2.75, 3.05) is 14.2 Å². The SMILES string of the molecule is CCCC1(O)c2c(OC)cncc2OC1(c1ccccc1)c1ccc(Br)cc1.CN1C2CCC[C@H]1CC2. The van der Waals surface area contributed by atoms with Crippen molar-refractivity contribution in [2.24, 2.45) is 0 Å². The monoisotopic (exact) mass is 564 g/mol. The maximum absolute atomic E-state index is 12.3. The van der Waals surface area contributed by atoms with E-state index in [0.29, 0.717) is 23.5 Å². The summed E-state index contributed by atoms with van der Waals surface area (Å²) in [5.74, 6) is 1.07. The van der Waals surface area contributed by atoms with Gasteiger partial charge in [-0.05, 0) is 51.3 Å². The Bertz CT molecular complexity index is 1190. The Balaban J connectivity index is 0.000000260. The summed E-state index contributed by atoms with van der Waals surface area (Å²) in [5, 5.41) is 12.3. The summed E-state index contributed by atoms with van der Waals surface area (Å²) in [7, 11) is 3.88. The fourth-order valence-corrected chi connectivity index (χ4v) is 6.91. The van der Waals surface area contributed by atoms with E-state index in [1.54, 1.807) is 19.5 Å². The number of benzene rings is 2. The topological polar surface area (TPSA) is 54.8 Å². The second-order valence-corrected chi connectivity index (χ2v) is 11.4. The molecule has 5 nitrogen and oxygen atoms in total. The first-order valence-corrected chi connectivity index (χ1v) is 14.2. The minimum absolute atomic E-state index is 0.505. The van der Waals surface area contributed by atoms with Gasteiger partial charge >= 0.3 is 0 Å². The van der Waals surface area contributed by atoms with Crippen molar-refractivity contribution in [3.8, 4) is 11.5 Å². The van der Waals surface area contributed by atoms with E-state index in [4.69, 9.17) is 9.47 Å². The molecule has 1 aromatic heterocycles. The molecule has 6 rings (SSSR count). The number of piperidine rings is 1. The van der Waals surface area contributed by atoms with E-state index in [1.807, 2.05) is 54.6 Å². The maximum Gasteiger partial charge on any atom is 0.192 e. The van der Waals surface area contributed by atoms with E-state index in [-0.39, 0.29) is 0 Å². The molecule has 0 aliphatic carbocycles.